The highest BCUT2D eigenvalue weighted by atomic mass is 35.5. The van der Waals surface area contributed by atoms with Gasteiger partial charge in [-0.15, -0.1) is 0 Å². The fourth-order valence-corrected chi connectivity index (χ4v) is 1.44. The molecule has 0 fully saturated rings. The van der Waals surface area contributed by atoms with Crippen molar-refractivity contribution in [1.29, 1.82) is 0 Å². The number of aromatic amines is 1. The van der Waals surface area contributed by atoms with Crippen LogP contribution < -0.4 is 10.5 Å². The summed E-state index contributed by atoms with van der Waals surface area (Å²) >= 11 is 5.91. The Hall–Kier alpha value is -1.68. The summed E-state index contributed by atoms with van der Waals surface area (Å²) in [6, 6.07) is 7.27. The summed E-state index contributed by atoms with van der Waals surface area (Å²) in [5.74, 6) is 1.24. The summed E-state index contributed by atoms with van der Waals surface area (Å²) in [7, 11) is 0. The molecular weight excluding hydrogens is 226 g/mol. The summed E-state index contributed by atoms with van der Waals surface area (Å²) in [6.07, 6.45) is 0. The number of aryl methyl sites for hydroxylation is 1. The molecule has 84 valence electrons. The average Bonchev–Trinajstić information content (AvgIpc) is 2.66. The quantitative estimate of drug-likeness (QED) is 0.862. The minimum atomic E-state index is 0.408. The largest absolute Gasteiger partial charge is 0.487 e. The first-order valence-corrected chi connectivity index (χ1v) is 5.21. The van der Waals surface area contributed by atoms with Gasteiger partial charge in [0.2, 0.25) is 0 Å². The number of ether oxygens (including phenoxy) is 1. The van der Waals surface area contributed by atoms with Crippen LogP contribution in [0.25, 0.3) is 0 Å². The smallest absolute Gasteiger partial charge is 0.145 e. The lowest BCUT2D eigenvalue weighted by Crippen LogP contribution is -1.96. The van der Waals surface area contributed by atoms with Crippen molar-refractivity contribution in [3.05, 3.63) is 40.5 Å². The van der Waals surface area contributed by atoms with Crippen molar-refractivity contribution < 1.29 is 4.74 Å². The van der Waals surface area contributed by atoms with Crippen LogP contribution in [0.15, 0.2) is 24.3 Å². The predicted molar refractivity (Wildman–Crippen MR) is 63.5 cm³/mol. The van der Waals surface area contributed by atoms with E-state index < -0.39 is 0 Å². The zero-order valence-corrected chi connectivity index (χ0v) is 9.58. The Balaban J connectivity index is 2.02. The Labute approximate surface area is 98.4 Å². The SMILES string of the molecule is Cc1cc(OCc2cc(N)n[nH]2)ccc1Cl. The normalized spacial score (nSPS) is 10.4. The molecule has 0 bridgehead atoms. The van der Waals surface area contributed by atoms with Gasteiger partial charge in [0, 0.05) is 11.1 Å². The van der Waals surface area contributed by atoms with E-state index in [4.69, 9.17) is 22.1 Å². The van der Waals surface area contributed by atoms with Crippen molar-refractivity contribution in [2.75, 3.05) is 5.73 Å². The molecule has 0 atom stereocenters. The molecule has 1 aromatic carbocycles. The van der Waals surface area contributed by atoms with E-state index in [1.54, 1.807) is 6.07 Å². The molecule has 5 heteroatoms. The molecule has 0 aliphatic rings. The fourth-order valence-electron chi connectivity index (χ4n) is 1.32. The molecule has 0 aliphatic carbocycles. The Morgan fingerprint density at radius 2 is 2.25 bits per heavy atom. The van der Waals surface area contributed by atoms with Gasteiger partial charge in [-0.1, -0.05) is 11.6 Å². The second-order valence-electron chi connectivity index (χ2n) is 3.52. The van der Waals surface area contributed by atoms with Crippen molar-refractivity contribution >= 4 is 17.4 Å². The van der Waals surface area contributed by atoms with Crippen LogP contribution in [0.5, 0.6) is 5.75 Å². The number of rotatable bonds is 3. The number of nitrogens with zero attached hydrogens (tertiary/aromatic N) is 1. The van der Waals surface area contributed by atoms with E-state index >= 15 is 0 Å². The van der Waals surface area contributed by atoms with Gasteiger partial charge in [-0.25, -0.2) is 0 Å². The number of benzene rings is 1. The number of hydrogen-bond donors (Lipinski definition) is 2. The van der Waals surface area contributed by atoms with Gasteiger partial charge in [0.25, 0.3) is 0 Å². The van der Waals surface area contributed by atoms with Crippen molar-refractivity contribution in [3.8, 4) is 5.75 Å². The molecule has 2 aromatic rings. The monoisotopic (exact) mass is 237 g/mol. The maximum absolute atomic E-state index is 5.91. The highest BCUT2D eigenvalue weighted by Crippen LogP contribution is 2.21. The Morgan fingerprint density at radius 1 is 1.44 bits per heavy atom. The third kappa shape index (κ3) is 2.46. The van der Waals surface area contributed by atoms with E-state index in [0.717, 1.165) is 22.0 Å². The zero-order valence-electron chi connectivity index (χ0n) is 8.83. The lowest BCUT2D eigenvalue weighted by Gasteiger charge is -2.06. The molecule has 0 radical (unpaired) electrons. The number of aromatic nitrogens is 2. The number of H-pyrrole nitrogens is 1. The second-order valence-corrected chi connectivity index (χ2v) is 3.92. The first-order valence-electron chi connectivity index (χ1n) is 4.84. The summed E-state index contributed by atoms with van der Waals surface area (Å²) in [4.78, 5) is 0. The highest BCUT2D eigenvalue weighted by Gasteiger charge is 2.01. The minimum Gasteiger partial charge on any atom is -0.487 e. The maximum atomic E-state index is 5.91. The van der Waals surface area contributed by atoms with Crippen LogP contribution in [0.2, 0.25) is 5.02 Å². The molecular formula is C11H12ClN3O. The third-order valence-corrected chi connectivity index (χ3v) is 2.60. The molecule has 0 unspecified atom stereocenters. The van der Waals surface area contributed by atoms with Gasteiger partial charge in [-0.2, -0.15) is 5.10 Å². The summed E-state index contributed by atoms with van der Waals surface area (Å²) in [5.41, 5.74) is 7.30. The zero-order chi connectivity index (χ0) is 11.5. The average molecular weight is 238 g/mol. The van der Waals surface area contributed by atoms with Crippen LogP contribution in [0.1, 0.15) is 11.3 Å². The lowest BCUT2D eigenvalue weighted by atomic mass is 10.2. The van der Waals surface area contributed by atoms with Crippen molar-refractivity contribution in [2.45, 2.75) is 13.5 Å². The predicted octanol–water partition coefficient (Wildman–Crippen LogP) is 2.53. The third-order valence-electron chi connectivity index (χ3n) is 2.17. The van der Waals surface area contributed by atoms with Gasteiger partial charge in [0.15, 0.2) is 0 Å². The van der Waals surface area contributed by atoms with Crippen LogP contribution in [-0.2, 0) is 6.61 Å². The number of nitrogens with two attached hydrogens (primary N) is 1. The minimum absolute atomic E-state index is 0.408. The van der Waals surface area contributed by atoms with Crippen LogP contribution in [0.3, 0.4) is 0 Å². The van der Waals surface area contributed by atoms with E-state index in [1.807, 2.05) is 25.1 Å². The molecule has 0 aliphatic heterocycles. The molecule has 4 nitrogen and oxygen atoms in total. The molecule has 2 rings (SSSR count). The number of anilines is 1. The number of halogens is 1. The molecule has 3 N–H and O–H groups in total. The molecule has 1 heterocycles. The molecule has 0 amide bonds. The van der Waals surface area contributed by atoms with Gasteiger partial charge in [-0.05, 0) is 30.7 Å². The fraction of sp³-hybridized carbons (Fsp3) is 0.182. The van der Waals surface area contributed by atoms with Crippen LogP contribution in [0.4, 0.5) is 5.82 Å². The summed E-state index contributed by atoms with van der Waals surface area (Å²) in [6.45, 7) is 2.34. The number of hydrogen-bond acceptors (Lipinski definition) is 3. The maximum Gasteiger partial charge on any atom is 0.145 e. The van der Waals surface area contributed by atoms with Crippen LogP contribution in [0, 0.1) is 6.92 Å². The van der Waals surface area contributed by atoms with Crippen LogP contribution >= 0.6 is 11.6 Å². The Kier molecular flexibility index (Phi) is 3.01. The van der Waals surface area contributed by atoms with Gasteiger partial charge < -0.3 is 10.5 Å². The summed E-state index contributed by atoms with van der Waals surface area (Å²) < 4.78 is 5.56. The van der Waals surface area contributed by atoms with Crippen molar-refractivity contribution in [1.82, 2.24) is 10.2 Å². The molecule has 0 saturated carbocycles. The van der Waals surface area contributed by atoms with Crippen molar-refractivity contribution in [3.63, 3.8) is 0 Å². The topological polar surface area (TPSA) is 63.9 Å². The number of nitrogens with one attached hydrogen (secondary N) is 1. The summed E-state index contributed by atoms with van der Waals surface area (Å²) in [5, 5.41) is 7.32. The van der Waals surface area contributed by atoms with E-state index in [1.165, 1.54) is 0 Å². The highest BCUT2D eigenvalue weighted by molar-refractivity contribution is 6.31. The van der Waals surface area contributed by atoms with E-state index in [2.05, 4.69) is 10.2 Å². The standard InChI is InChI=1S/C11H12ClN3O/c1-7-4-9(2-3-10(7)12)16-6-8-5-11(13)15-14-8/h2-5H,6H2,1H3,(H3,13,14,15). The first kappa shape index (κ1) is 10.8. The van der Waals surface area contributed by atoms with Gasteiger partial charge in [0.1, 0.15) is 18.2 Å². The molecule has 0 saturated heterocycles. The van der Waals surface area contributed by atoms with Gasteiger partial charge in [0.05, 0.1) is 5.69 Å². The molecule has 16 heavy (non-hydrogen) atoms. The van der Waals surface area contributed by atoms with Crippen LogP contribution in [-0.4, -0.2) is 10.2 Å². The van der Waals surface area contributed by atoms with Crippen molar-refractivity contribution in [2.24, 2.45) is 0 Å². The first-order chi connectivity index (χ1) is 7.65. The van der Waals surface area contributed by atoms with E-state index in [9.17, 15) is 0 Å². The lowest BCUT2D eigenvalue weighted by molar-refractivity contribution is 0.301. The van der Waals surface area contributed by atoms with E-state index in [0.29, 0.717) is 12.4 Å². The van der Waals surface area contributed by atoms with E-state index in [-0.39, 0.29) is 0 Å². The second kappa shape index (κ2) is 4.45. The number of nitrogen functional groups attached to an aromatic ring is 1. The van der Waals surface area contributed by atoms with Gasteiger partial charge in [-0.3, -0.25) is 5.10 Å². The Bertz CT molecular complexity index is 496. The molecule has 1 aromatic heterocycles. The van der Waals surface area contributed by atoms with Gasteiger partial charge >= 0.3 is 0 Å². The molecule has 0 spiro atoms. The Morgan fingerprint density at radius 3 is 2.88 bits per heavy atom.